The minimum Gasteiger partial charge on any atom is -0.456 e. The summed E-state index contributed by atoms with van der Waals surface area (Å²) >= 11 is 0. The highest BCUT2D eigenvalue weighted by atomic mass is 16.7. The van der Waals surface area contributed by atoms with Crippen molar-refractivity contribution in [3.8, 4) is 0 Å². The maximum absolute atomic E-state index is 6.23. The molecule has 0 unspecified atom stereocenters. The van der Waals surface area contributed by atoms with Crippen molar-refractivity contribution in [2.75, 3.05) is 0 Å². The summed E-state index contributed by atoms with van der Waals surface area (Å²) in [5.41, 5.74) is 3.65. The predicted molar refractivity (Wildman–Crippen MR) is 119 cm³/mol. The fourth-order valence-corrected chi connectivity index (χ4v) is 4.14. The molecule has 1 aliphatic heterocycles. The Morgan fingerprint density at radius 2 is 1.41 bits per heavy atom. The molecule has 4 nitrogen and oxygen atoms in total. The van der Waals surface area contributed by atoms with Gasteiger partial charge in [0.25, 0.3) is 0 Å². The lowest BCUT2D eigenvalue weighted by Gasteiger charge is -2.32. The molecule has 1 saturated heterocycles. The van der Waals surface area contributed by atoms with Crippen molar-refractivity contribution in [2.24, 2.45) is 0 Å². The molecule has 0 bridgehead atoms. The van der Waals surface area contributed by atoms with Crippen LogP contribution < -0.4 is 16.1 Å². The van der Waals surface area contributed by atoms with Crippen LogP contribution in [0.2, 0.25) is 0 Å². The molecule has 2 aromatic carbocycles. The summed E-state index contributed by atoms with van der Waals surface area (Å²) in [6.07, 6.45) is 4.10. The summed E-state index contributed by atoms with van der Waals surface area (Å²) < 4.78 is 24.7. The molecule has 5 heteroatoms. The van der Waals surface area contributed by atoms with Crippen LogP contribution >= 0.6 is 0 Å². The van der Waals surface area contributed by atoms with E-state index in [4.69, 9.17) is 18.1 Å². The molecule has 0 atom stereocenters. The lowest BCUT2D eigenvalue weighted by molar-refractivity contribution is 0.00578. The van der Waals surface area contributed by atoms with Gasteiger partial charge in [0.05, 0.1) is 11.2 Å². The number of benzene rings is 2. The Morgan fingerprint density at radius 3 is 2.03 bits per heavy atom. The highest BCUT2D eigenvalue weighted by Crippen LogP contribution is 2.37. The smallest absolute Gasteiger partial charge is 0.456 e. The molecule has 4 aromatic rings. The quantitative estimate of drug-likeness (QED) is 0.458. The second-order valence-corrected chi connectivity index (χ2v) is 8.72. The Bertz CT molecular complexity index is 1370. The molecule has 0 spiro atoms. The maximum atomic E-state index is 6.23. The van der Waals surface area contributed by atoms with E-state index in [1.165, 1.54) is 0 Å². The van der Waals surface area contributed by atoms with Crippen LogP contribution in [0.15, 0.2) is 39.2 Å². The van der Waals surface area contributed by atoms with Crippen LogP contribution in [0.3, 0.4) is 0 Å². The van der Waals surface area contributed by atoms with Gasteiger partial charge in [-0.25, -0.2) is 0 Å². The van der Waals surface area contributed by atoms with Crippen LogP contribution in [0, 0.1) is 0 Å². The van der Waals surface area contributed by atoms with E-state index in [1.807, 2.05) is 38.1 Å². The largest absolute Gasteiger partial charge is 0.494 e. The summed E-state index contributed by atoms with van der Waals surface area (Å²) in [5.74, 6) is 0. The highest BCUT2D eigenvalue weighted by Gasteiger charge is 2.51. The molecule has 0 N–H and O–H groups in total. The van der Waals surface area contributed by atoms with Crippen LogP contribution in [0.4, 0.5) is 0 Å². The van der Waals surface area contributed by atoms with Crippen molar-refractivity contribution in [1.82, 2.24) is 0 Å². The van der Waals surface area contributed by atoms with Gasteiger partial charge >= 0.3 is 7.12 Å². The third-order valence-electron chi connectivity index (χ3n) is 6.45. The van der Waals surface area contributed by atoms with E-state index in [0.717, 1.165) is 49.0 Å². The van der Waals surface area contributed by atoms with Crippen LogP contribution in [0.1, 0.15) is 41.5 Å². The molecule has 1 aliphatic rings. The van der Waals surface area contributed by atoms with Crippen molar-refractivity contribution < 1.29 is 18.1 Å². The van der Waals surface area contributed by atoms with E-state index < -0.39 is 7.12 Å². The SMILES string of the molecule is C/C=c1\c(=C/C)oc2ccc3oc4cc(B5OC(C)(C)C(C)(C)O5)ccc4c3c12. The third-order valence-corrected chi connectivity index (χ3v) is 6.45. The minimum absolute atomic E-state index is 0.373. The zero-order valence-corrected chi connectivity index (χ0v) is 17.8. The van der Waals surface area contributed by atoms with Crippen LogP contribution in [0.5, 0.6) is 0 Å². The van der Waals surface area contributed by atoms with Crippen molar-refractivity contribution >= 4 is 57.6 Å². The molecule has 2 aromatic heterocycles. The van der Waals surface area contributed by atoms with Crippen molar-refractivity contribution in [3.63, 3.8) is 0 Å². The first kappa shape index (κ1) is 18.5. The Balaban J connectivity index is 1.74. The summed E-state index contributed by atoms with van der Waals surface area (Å²) in [5, 5.41) is 4.35. The van der Waals surface area contributed by atoms with Gasteiger partial charge in [0.2, 0.25) is 0 Å². The molecule has 0 amide bonds. The van der Waals surface area contributed by atoms with E-state index in [9.17, 15) is 0 Å². The minimum atomic E-state index is -0.410. The van der Waals surface area contributed by atoms with Gasteiger partial charge in [-0.05, 0) is 71.3 Å². The van der Waals surface area contributed by atoms with Crippen molar-refractivity contribution in [3.05, 3.63) is 41.0 Å². The van der Waals surface area contributed by atoms with Gasteiger partial charge in [0.15, 0.2) is 0 Å². The number of hydrogen-bond acceptors (Lipinski definition) is 4. The second kappa shape index (κ2) is 6.00. The first-order valence-electron chi connectivity index (χ1n) is 10.1. The number of fused-ring (bicyclic) bond motifs is 5. The topological polar surface area (TPSA) is 44.7 Å². The summed E-state index contributed by atoms with van der Waals surface area (Å²) in [7, 11) is -0.410. The standard InChI is InChI=1S/C24H25BO4/c1-7-15-17(8-2)26-18-11-12-19-22(21(15)18)16-10-9-14(13-20(16)27-19)25-28-23(3,4)24(5,6)29-25/h7-13H,1-6H3/b15-7+,17-8+. The molecule has 0 saturated carbocycles. The molecule has 5 rings (SSSR count). The van der Waals surface area contributed by atoms with Crippen molar-refractivity contribution in [2.45, 2.75) is 52.7 Å². The average molecular weight is 388 g/mol. The Kier molecular flexibility index (Phi) is 3.84. The summed E-state index contributed by atoms with van der Waals surface area (Å²) in [4.78, 5) is 0. The van der Waals surface area contributed by atoms with Gasteiger partial charge in [0, 0.05) is 21.4 Å². The highest BCUT2D eigenvalue weighted by molar-refractivity contribution is 6.62. The zero-order valence-electron chi connectivity index (χ0n) is 17.8. The van der Waals surface area contributed by atoms with Gasteiger partial charge in [0.1, 0.15) is 22.2 Å². The van der Waals surface area contributed by atoms with E-state index >= 15 is 0 Å². The van der Waals surface area contributed by atoms with Crippen molar-refractivity contribution in [1.29, 1.82) is 0 Å². The molecule has 148 valence electrons. The molecule has 3 heterocycles. The number of furan rings is 2. The van der Waals surface area contributed by atoms with E-state index in [2.05, 4.69) is 45.9 Å². The molecule has 1 fully saturated rings. The predicted octanol–water partition coefficient (Wildman–Crippen LogP) is 4.23. The van der Waals surface area contributed by atoms with Gasteiger partial charge in [-0.2, -0.15) is 0 Å². The van der Waals surface area contributed by atoms with Gasteiger partial charge in [-0.1, -0.05) is 18.2 Å². The third kappa shape index (κ3) is 2.54. The maximum Gasteiger partial charge on any atom is 0.494 e. The average Bonchev–Trinajstić information content (AvgIpc) is 3.29. The first-order chi connectivity index (χ1) is 13.8. The monoisotopic (exact) mass is 388 g/mol. The Labute approximate surface area is 169 Å². The van der Waals surface area contributed by atoms with Gasteiger partial charge in [-0.3, -0.25) is 0 Å². The normalized spacial score (nSPS) is 20.0. The zero-order chi connectivity index (χ0) is 20.6. The lowest BCUT2D eigenvalue weighted by Crippen LogP contribution is -2.41. The van der Waals surface area contributed by atoms with Gasteiger partial charge in [-0.15, -0.1) is 0 Å². The molecule has 29 heavy (non-hydrogen) atoms. The Morgan fingerprint density at radius 1 is 0.759 bits per heavy atom. The van der Waals surface area contributed by atoms with Crippen LogP contribution in [-0.4, -0.2) is 18.3 Å². The molecule has 0 aliphatic carbocycles. The first-order valence-corrected chi connectivity index (χ1v) is 10.1. The molecular weight excluding hydrogens is 363 g/mol. The summed E-state index contributed by atoms with van der Waals surface area (Å²) in [6.45, 7) is 12.3. The lowest BCUT2D eigenvalue weighted by atomic mass is 9.79. The van der Waals surface area contributed by atoms with E-state index in [0.29, 0.717) is 0 Å². The van der Waals surface area contributed by atoms with Gasteiger partial charge < -0.3 is 18.1 Å². The second-order valence-electron chi connectivity index (χ2n) is 8.72. The number of hydrogen-bond donors (Lipinski definition) is 0. The van der Waals surface area contributed by atoms with E-state index in [1.54, 1.807) is 0 Å². The number of rotatable bonds is 1. The van der Waals surface area contributed by atoms with E-state index in [-0.39, 0.29) is 11.2 Å². The molecule has 0 radical (unpaired) electrons. The van der Waals surface area contributed by atoms with Crippen LogP contribution in [-0.2, 0) is 9.31 Å². The van der Waals surface area contributed by atoms with Crippen LogP contribution in [0.25, 0.3) is 45.1 Å². The Hall–Kier alpha value is -2.50. The molecular formula is C24H25BO4. The fraction of sp³-hybridized carbons (Fsp3) is 0.333. The summed E-state index contributed by atoms with van der Waals surface area (Å²) in [6, 6.07) is 10.2. The fourth-order valence-electron chi connectivity index (χ4n) is 4.14.